The van der Waals surface area contributed by atoms with Gasteiger partial charge in [-0.2, -0.15) is 0 Å². The maximum atomic E-state index is 2.57. The average Bonchev–Trinajstić information content (AvgIpc) is 4.13. The van der Waals surface area contributed by atoms with E-state index in [0.717, 1.165) is 33.5 Å². The highest BCUT2D eigenvalue weighted by Crippen LogP contribution is 2.50. The third-order valence-electron chi connectivity index (χ3n) is 15.9. The first kappa shape index (κ1) is 42.9. The van der Waals surface area contributed by atoms with Crippen molar-refractivity contribution in [2.75, 3.05) is 0 Å². The molecule has 0 spiro atoms. The molecule has 75 heavy (non-hydrogen) atoms. The molecule has 0 fully saturated rings. The highest BCUT2D eigenvalue weighted by Gasteiger charge is 2.31. The number of aromatic nitrogens is 2. The molecule has 1 aliphatic carbocycles. The summed E-state index contributed by atoms with van der Waals surface area (Å²) in [6.45, 7) is 0. The van der Waals surface area contributed by atoms with E-state index in [9.17, 15) is 0 Å². The summed E-state index contributed by atoms with van der Waals surface area (Å²) < 4.78 is 5.04. The van der Waals surface area contributed by atoms with Crippen molar-refractivity contribution in [3.05, 3.63) is 302 Å². The van der Waals surface area contributed by atoms with Crippen molar-refractivity contribution in [2.45, 2.75) is 5.92 Å². The monoisotopic (exact) mass is 952 g/mol. The maximum Gasteiger partial charge on any atom is 0.0544 e. The lowest BCUT2D eigenvalue weighted by Gasteiger charge is -2.22. The van der Waals surface area contributed by atoms with Crippen molar-refractivity contribution < 1.29 is 0 Å². The molecule has 2 heteroatoms. The summed E-state index contributed by atoms with van der Waals surface area (Å²) in [6, 6.07) is 106. The van der Waals surface area contributed by atoms with Crippen LogP contribution in [0.4, 0.5) is 0 Å². The summed E-state index contributed by atoms with van der Waals surface area (Å²) in [4.78, 5) is 0. The van der Waals surface area contributed by atoms with Gasteiger partial charge in [-0.05, 0) is 121 Å². The fourth-order valence-electron chi connectivity index (χ4n) is 12.6. The third kappa shape index (κ3) is 6.88. The van der Waals surface area contributed by atoms with Crippen LogP contribution in [-0.2, 0) is 0 Å². The van der Waals surface area contributed by atoms with Gasteiger partial charge in [0, 0.05) is 38.6 Å². The lowest BCUT2D eigenvalue weighted by Crippen LogP contribution is -2.05. The lowest BCUT2D eigenvalue weighted by molar-refractivity contribution is 1.01. The van der Waals surface area contributed by atoms with Crippen LogP contribution < -0.4 is 0 Å². The Morgan fingerprint density at radius 2 is 0.587 bits per heavy atom. The van der Waals surface area contributed by atoms with Gasteiger partial charge in [-0.15, -0.1) is 0 Å². The Morgan fingerprint density at radius 3 is 1.11 bits per heavy atom. The first-order chi connectivity index (χ1) is 37.2. The van der Waals surface area contributed by atoms with Gasteiger partial charge in [0.2, 0.25) is 0 Å². The normalized spacial score (nSPS) is 12.2. The van der Waals surface area contributed by atoms with Crippen molar-refractivity contribution in [2.24, 2.45) is 0 Å². The minimum absolute atomic E-state index is 0.0630. The summed E-state index contributed by atoms with van der Waals surface area (Å²) in [7, 11) is 0. The molecule has 14 aromatic rings. The lowest BCUT2D eigenvalue weighted by atomic mass is 9.87. The van der Waals surface area contributed by atoms with Gasteiger partial charge >= 0.3 is 0 Å². The van der Waals surface area contributed by atoms with Gasteiger partial charge < -0.3 is 9.13 Å². The first-order valence-electron chi connectivity index (χ1n) is 26.0. The van der Waals surface area contributed by atoms with Crippen LogP contribution in [0.3, 0.4) is 0 Å². The molecule has 350 valence electrons. The third-order valence-corrected chi connectivity index (χ3v) is 15.9. The fraction of sp³-hybridized carbons (Fsp3) is 0.0137. The van der Waals surface area contributed by atoms with Crippen LogP contribution in [-0.4, -0.2) is 9.13 Å². The second-order valence-corrected chi connectivity index (χ2v) is 19.9. The number of fused-ring (bicyclic) bond motifs is 9. The highest BCUT2D eigenvalue weighted by molar-refractivity contribution is 6.13. The number of hydrogen-bond donors (Lipinski definition) is 0. The highest BCUT2D eigenvalue weighted by atomic mass is 15.0. The quantitative estimate of drug-likeness (QED) is 0.144. The molecular formula is C73H48N2. The summed E-state index contributed by atoms with van der Waals surface area (Å²) in [5, 5.41) is 4.89. The molecule has 0 aliphatic heterocycles. The van der Waals surface area contributed by atoms with Gasteiger partial charge in [-0.3, -0.25) is 0 Å². The molecule has 12 aromatic carbocycles. The van der Waals surface area contributed by atoms with Gasteiger partial charge in [0.15, 0.2) is 0 Å². The minimum Gasteiger partial charge on any atom is -0.309 e. The van der Waals surface area contributed by atoms with Crippen molar-refractivity contribution in [1.82, 2.24) is 9.13 Å². The van der Waals surface area contributed by atoms with Crippen LogP contribution in [0.15, 0.2) is 285 Å². The van der Waals surface area contributed by atoms with E-state index in [1.807, 2.05) is 0 Å². The molecule has 15 rings (SSSR count). The molecule has 0 radical (unpaired) electrons. The molecule has 0 saturated carbocycles. The van der Waals surface area contributed by atoms with E-state index < -0.39 is 0 Å². The maximum absolute atomic E-state index is 2.57. The van der Waals surface area contributed by atoms with Gasteiger partial charge in [0.05, 0.1) is 33.4 Å². The van der Waals surface area contributed by atoms with Crippen LogP contribution in [0.25, 0.3) is 122 Å². The second-order valence-electron chi connectivity index (χ2n) is 19.9. The van der Waals surface area contributed by atoms with E-state index in [0.29, 0.717) is 0 Å². The summed E-state index contributed by atoms with van der Waals surface area (Å²) in [6.07, 6.45) is 0. The Balaban J connectivity index is 1.03. The molecule has 2 nitrogen and oxygen atoms in total. The van der Waals surface area contributed by atoms with Crippen molar-refractivity contribution >= 4 is 43.6 Å². The predicted octanol–water partition coefficient (Wildman–Crippen LogP) is 19.4. The molecular weight excluding hydrogens is 905 g/mol. The molecule has 2 heterocycles. The molecule has 0 N–H and O–H groups in total. The van der Waals surface area contributed by atoms with Gasteiger partial charge in [0.1, 0.15) is 0 Å². The van der Waals surface area contributed by atoms with E-state index >= 15 is 0 Å². The van der Waals surface area contributed by atoms with Gasteiger partial charge in [-0.1, -0.05) is 237 Å². The molecule has 1 aliphatic rings. The van der Waals surface area contributed by atoms with Crippen LogP contribution >= 0.6 is 0 Å². The minimum atomic E-state index is 0.0630. The van der Waals surface area contributed by atoms with Crippen molar-refractivity contribution in [3.8, 4) is 78.1 Å². The second kappa shape index (κ2) is 17.5. The van der Waals surface area contributed by atoms with Crippen LogP contribution in [0.2, 0.25) is 0 Å². The van der Waals surface area contributed by atoms with E-state index in [1.165, 1.54) is 105 Å². The number of nitrogens with zero attached hydrogens (tertiary/aromatic N) is 2. The van der Waals surface area contributed by atoms with Crippen LogP contribution in [0, 0.1) is 0 Å². The number of benzene rings is 12. The SMILES string of the molecule is c1ccc(-c2ccccc2-c2ccc3c(c2)c2cc(-c4ccccc4-c4ccccc4)ccc2n3-c2cc(C3c4ccccc4-c4ccccc43)ccc2-c2ccccc2-n2c3ccccc3c3ccccc32)cc1. The topological polar surface area (TPSA) is 9.86 Å². The summed E-state index contributed by atoms with van der Waals surface area (Å²) in [5.74, 6) is 0.0630. The predicted molar refractivity (Wildman–Crippen MR) is 315 cm³/mol. The Morgan fingerprint density at radius 1 is 0.213 bits per heavy atom. The smallest absolute Gasteiger partial charge is 0.0544 e. The first-order valence-corrected chi connectivity index (χ1v) is 26.0. The number of rotatable bonds is 8. The van der Waals surface area contributed by atoms with Gasteiger partial charge in [-0.25, -0.2) is 0 Å². The molecule has 0 amide bonds. The molecule has 0 atom stereocenters. The zero-order valence-electron chi connectivity index (χ0n) is 41.1. The molecule has 0 saturated heterocycles. The largest absolute Gasteiger partial charge is 0.309 e. The standard InChI is InChI=1S/C73H48N2/c1-3-21-48(22-4-1)53-25-7-9-27-55(53)50-40-43-70-65(45-50)66-46-51(56-28-10-8-26-54(56)49-23-5-2-6-24-49)41-44-71(66)75(70)72-47-52(73-63-34-13-11-29-57(63)58-30-12-14-35-64(58)73)39-42-62(72)61-33-17-20-38-69(61)74-67-36-18-15-31-59(67)60-32-16-19-37-68(60)74/h1-47,73H. The van der Waals surface area contributed by atoms with Crippen molar-refractivity contribution in [3.63, 3.8) is 0 Å². The van der Waals surface area contributed by atoms with Crippen LogP contribution in [0.1, 0.15) is 22.6 Å². The molecule has 2 aromatic heterocycles. The van der Waals surface area contributed by atoms with Gasteiger partial charge in [0.25, 0.3) is 0 Å². The number of hydrogen-bond acceptors (Lipinski definition) is 0. The summed E-state index contributed by atoms with van der Waals surface area (Å²) in [5.41, 5.74) is 25.5. The van der Waals surface area contributed by atoms with E-state index in [2.05, 4.69) is 294 Å². The Hall–Kier alpha value is -9.76. The van der Waals surface area contributed by atoms with Crippen molar-refractivity contribution in [1.29, 1.82) is 0 Å². The van der Waals surface area contributed by atoms with E-state index in [4.69, 9.17) is 0 Å². The Kier molecular flexibility index (Phi) is 9.99. The van der Waals surface area contributed by atoms with Crippen LogP contribution in [0.5, 0.6) is 0 Å². The molecule has 0 unspecified atom stereocenters. The molecule has 0 bridgehead atoms. The van der Waals surface area contributed by atoms with E-state index in [-0.39, 0.29) is 5.92 Å². The zero-order valence-corrected chi connectivity index (χ0v) is 41.1. The number of para-hydroxylation sites is 3. The Labute approximate surface area is 436 Å². The Bertz CT molecular complexity index is 4290. The average molecular weight is 953 g/mol. The zero-order chi connectivity index (χ0) is 49.4. The van der Waals surface area contributed by atoms with E-state index in [1.54, 1.807) is 0 Å². The fourth-order valence-corrected chi connectivity index (χ4v) is 12.6. The summed E-state index contributed by atoms with van der Waals surface area (Å²) >= 11 is 0.